The van der Waals surface area contributed by atoms with Crippen LogP contribution in [0.4, 0.5) is 0 Å². The van der Waals surface area contributed by atoms with Crippen LogP contribution in [0.15, 0.2) is 15.2 Å². The monoisotopic (exact) mass is 328 g/mol. The highest BCUT2D eigenvalue weighted by atomic mass is 79.9. The van der Waals surface area contributed by atoms with Crippen LogP contribution in [0.5, 0.6) is 0 Å². The third-order valence-corrected chi connectivity index (χ3v) is 3.77. The van der Waals surface area contributed by atoms with Gasteiger partial charge >= 0.3 is 0 Å². The molecule has 1 aromatic rings. The molecule has 2 rings (SSSR count). The number of halogens is 1. The molecular weight excluding hydrogens is 312 g/mol. The molecule has 0 N–H and O–H groups in total. The van der Waals surface area contributed by atoms with Crippen LogP contribution >= 0.6 is 15.9 Å². The molecule has 0 bridgehead atoms. The van der Waals surface area contributed by atoms with E-state index in [1.807, 2.05) is 0 Å². The van der Waals surface area contributed by atoms with E-state index < -0.39 is 0 Å². The van der Waals surface area contributed by atoms with Gasteiger partial charge in [-0.15, -0.1) is 0 Å². The van der Waals surface area contributed by atoms with Gasteiger partial charge in [-0.1, -0.05) is 0 Å². The number of carbonyl (C=O) groups is 2. The molecule has 0 saturated carbocycles. The summed E-state index contributed by atoms with van der Waals surface area (Å²) in [5, 5.41) is 0. The maximum atomic E-state index is 12.3. The average Bonchev–Trinajstić information content (AvgIpc) is 2.94. The van der Waals surface area contributed by atoms with E-state index in [-0.39, 0.29) is 17.7 Å². The van der Waals surface area contributed by atoms with Gasteiger partial charge in [0.2, 0.25) is 5.91 Å². The first-order chi connectivity index (χ1) is 8.90. The summed E-state index contributed by atoms with van der Waals surface area (Å²) in [5.41, 5.74) is 0.560. The van der Waals surface area contributed by atoms with Gasteiger partial charge in [0.15, 0.2) is 4.67 Å². The molecule has 0 spiro atoms. The van der Waals surface area contributed by atoms with Gasteiger partial charge in [0.05, 0.1) is 11.5 Å². The lowest BCUT2D eigenvalue weighted by atomic mass is 10.1. The Morgan fingerprint density at radius 3 is 2.68 bits per heavy atom. The Labute approximate surface area is 120 Å². The van der Waals surface area contributed by atoms with Crippen molar-refractivity contribution in [1.29, 1.82) is 0 Å². The van der Waals surface area contributed by atoms with Crippen LogP contribution in [0.1, 0.15) is 22.5 Å². The number of furan rings is 1. The number of hydrogen-bond acceptors (Lipinski definition) is 3. The molecule has 1 fully saturated rings. The fraction of sp³-hybridized carbons (Fsp3) is 0.538. The number of amides is 2. The van der Waals surface area contributed by atoms with Gasteiger partial charge in [-0.2, -0.15) is 0 Å². The number of likely N-dealkylation sites (tertiary alicyclic amines) is 1. The number of carbonyl (C=O) groups excluding carboxylic acids is 2. The zero-order chi connectivity index (χ0) is 14.2. The van der Waals surface area contributed by atoms with Crippen LogP contribution in [0.2, 0.25) is 0 Å². The summed E-state index contributed by atoms with van der Waals surface area (Å²) in [6.45, 7) is 2.86. The van der Waals surface area contributed by atoms with Crippen molar-refractivity contribution in [2.24, 2.45) is 5.92 Å². The number of rotatable bonds is 2. The third-order valence-electron chi connectivity index (χ3n) is 3.38. The first-order valence-corrected chi connectivity index (χ1v) is 6.96. The van der Waals surface area contributed by atoms with Crippen LogP contribution in [0.25, 0.3) is 0 Å². The van der Waals surface area contributed by atoms with E-state index in [2.05, 4.69) is 15.9 Å². The molecule has 1 atom stereocenters. The molecule has 1 unspecified atom stereocenters. The minimum absolute atomic E-state index is 0.0685. The molecule has 2 heterocycles. The Hall–Kier alpha value is -1.30. The quantitative estimate of drug-likeness (QED) is 0.833. The minimum Gasteiger partial charge on any atom is -0.454 e. The Balaban J connectivity index is 2.07. The molecular formula is C13H17BrN2O3. The predicted molar refractivity (Wildman–Crippen MR) is 73.8 cm³/mol. The van der Waals surface area contributed by atoms with Crippen LogP contribution < -0.4 is 0 Å². The largest absolute Gasteiger partial charge is 0.454 e. The first kappa shape index (κ1) is 14.1. The second-order valence-corrected chi connectivity index (χ2v) is 5.77. The Bertz CT molecular complexity index is 510. The highest BCUT2D eigenvalue weighted by Gasteiger charge is 2.33. The van der Waals surface area contributed by atoms with Gasteiger partial charge in [-0.3, -0.25) is 9.59 Å². The van der Waals surface area contributed by atoms with Gasteiger partial charge < -0.3 is 14.2 Å². The highest BCUT2D eigenvalue weighted by Crippen LogP contribution is 2.24. The lowest BCUT2D eigenvalue weighted by molar-refractivity contribution is -0.132. The Kier molecular flexibility index (Phi) is 3.99. The second-order valence-electron chi connectivity index (χ2n) is 4.99. The van der Waals surface area contributed by atoms with Crippen LogP contribution in [0, 0.1) is 12.8 Å². The average molecular weight is 329 g/mol. The molecule has 0 aromatic carbocycles. The third kappa shape index (κ3) is 2.83. The highest BCUT2D eigenvalue weighted by molar-refractivity contribution is 9.10. The van der Waals surface area contributed by atoms with E-state index in [9.17, 15) is 9.59 Å². The van der Waals surface area contributed by atoms with Crippen molar-refractivity contribution in [1.82, 2.24) is 9.80 Å². The summed E-state index contributed by atoms with van der Waals surface area (Å²) in [4.78, 5) is 27.5. The van der Waals surface area contributed by atoms with Crippen LogP contribution in [-0.4, -0.2) is 48.8 Å². The number of hydrogen-bond donors (Lipinski definition) is 0. The van der Waals surface area contributed by atoms with Crippen molar-refractivity contribution in [2.75, 3.05) is 27.2 Å². The van der Waals surface area contributed by atoms with Crippen molar-refractivity contribution in [3.8, 4) is 0 Å². The van der Waals surface area contributed by atoms with Crippen LogP contribution in [-0.2, 0) is 4.79 Å². The lowest BCUT2D eigenvalue weighted by Gasteiger charge is -2.18. The van der Waals surface area contributed by atoms with Gasteiger partial charge in [-0.25, -0.2) is 0 Å². The fourth-order valence-electron chi connectivity index (χ4n) is 2.34. The molecule has 0 radical (unpaired) electrons. The predicted octanol–water partition coefficient (Wildman–Crippen LogP) is 1.90. The summed E-state index contributed by atoms with van der Waals surface area (Å²) in [6, 6.07) is 1.68. The van der Waals surface area contributed by atoms with E-state index in [1.165, 1.54) is 0 Å². The molecule has 1 aromatic heterocycles. The summed E-state index contributed by atoms with van der Waals surface area (Å²) in [5.74, 6) is 0.523. The van der Waals surface area contributed by atoms with Crippen molar-refractivity contribution >= 4 is 27.7 Å². The molecule has 2 amide bonds. The number of nitrogens with zero attached hydrogens (tertiary/aromatic N) is 2. The summed E-state index contributed by atoms with van der Waals surface area (Å²) >= 11 is 3.22. The minimum atomic E-state index is -0.0883. The van der Waals surface area contributed by atoms with E-state index in [1.54, 1.807) is 36.9 Å². The summed E-state index contributed by atoms with van der Waals surface area (Å²) < 4.78 is 5.85. The van der Waals surface area contributed by atoms with Crippen molar-refractivity contribution in [3.63, 3.8) is 0 Å². The molecule has 1 aliphatic rings. The maximum absolute atomic E-state index is 12.3. The molecule has 6 heteroatoms. The van der Waals surface area contributed by atoms with E-state index in [0.717, 1.165) is 6.42 Å². The van der Waals surface area contributed by atoms with Crippen molar-refractivity contribution in [3.05, 3.63) is 22.1 Å². The summed E-state index contributed by atoms with van der Waals surface area (Å²) in [7, 11) is 3.48. The smallest absolute Gasteiger partial charge is 0.257 e. The Morgan fingerprint density at radius 2 is 2.16 bits per heavy atom. The molecule has 104 valence electrons. The zero-order valence-corrected chi connectivity index (χ0v) is 12.9. The SMILES string of the molecule is Cc1oc(Br)cc1C(=O)N1CCC(C(=O)N(C)C)C1. The molecule has 0 aliphatic carbocycles. The van der Waals surface area contributed by atoms with Gasteiger partial charge in [0, 0.05) is 33.3 Å². The second kappa shape index (κ2) is 5.36. The van der Waals surface area contributed by atoms with Crippen LogP contribution in [0.3, 0.4) is 0 Å². The van der Waals surface area contributed by atoms with Gasteiger partial charge in [-0.05, 0) is 29.3 Å². The summed E-state index contributed by atoms with van der Waals surface area (Å²) in [6.07, 6.45) is 0.723. The first-order valence-electron chi connectivity index (χ1n) is 6.16. The van der Waals surface area contributed by atoms with Gasteiger partial charge in [0.25, 0.3) is 5.91 Å². The molecule has 5 nitrogen and oxygen atoms in total. The Morgan fingerprint density at radius 1 is 1.47 bits per heavy atom. The maximum Gasteiger partial charge on any atom is 0.257 e. The zero-order valence-electron chi connectivity index (χ0n) is 11.3. The van der Waals surface area contributed by atoms with E-state index in [4.69, 9.17) is 4.42 Å². The van der Waals surface area contributed by atoms with Crippen molar-refractivity contribution < 1.29 is 14.0 Å². The van der Waals surface area contributed by atoms with Crippen molar-refractivity contribution in [2.45, 2.75) is 13.3 Å². The number of aryl methyl sites for hydroxylation is 1. The molecule has 1 aliphatic heterocycles. The molecule has 1 saturated heterocycles. The van der Waals surface area contributed by atoms with Gasteiger partial charge in [0.1, 0.15) is 5.76 Å². The lowest BCUT2D eigenvalue weighted by Crippen LogP contribution is -2.34. The van der Waals surface area contributed by atoms with E-state index in [0.29, 0.717) is 29.1 Å². The molecule has 19 heavy (non-hydrogen) atoms. The standard InChI is InChI=1S/C13H17BrN2O3/c1-8-10(6-11(14)19-8)13(18)16-5-4-9(7-16)12(17)15(2)3/h6,9H,4-5,7H2,1-3H3. The topological polar surface area (TPSA) is 53.8 Å². The fourth-order valence-corrected chi connectivity index (χ4v) is 2.81. The van der Waals surface area contributed by atoms with E-state index >= 15 is 0 Å². The normalized spacial score (nSPS) is 18.7.